The zero-order chi connectivity index (χ0) is 13.8. The highest BCUT2D eigenvalue weighted by Gasteiger charge is 2.29. The molecule has 1 saturated heterocycles. The summed E-state index contributed by atoms with van der Waals surface area (Å²) in [4.78, 5) is 16.1. The van der Waals surface area contributed by atoms with Crippen LogP contribution in [0.3, 0.4) is 0 Å². The van der Waals surface area contributed by atoms with Crippen molar-refractivity contribution in [3.05, 3.63) is 24.0 Å². The Morgan fingerprint density at radius 1 is 1.42 bits per heavy atom. The standard InChI is InChI=1S/C13H20N4O2/c1-8-11(9(2)17-16-8)7-15-13(18)12-6-10(19-3)4-5-14-12/h4-6,8-9,11,16-17H,7H2,1-3H3,(H,15,18). The zero-order valence-corrected chi connectivity index (χ0v) is 11.4. The first kappa shape index (κ1) is 13.8. The number of ether oxygens (including phenoxy) is 1. The normalized spacial score (nSPS) is 26.2. The molecule has 0 spiro atoms. The number of amides is 1. The summed E-state index contributed by atoms with van der Waals surface area (Å²) in [7, 11) is 1.57. The highest BCUT2D eigenvalue weighted by molar-refractivity contribution is 5.92. The lowest BCUT2D eigenvalue weighted by Gasteiger charge is -2.18. The summed E-state index contributed by atoms with van der Waals surface area (Å²) in [5.41, 5.74) is 6.70. The average molecular weight is 264 g/mol. The SMILES string of the molecule is COc1ccnc(C(=O)NCC2C(C)NNC2C)c1. The van der Waals surface area contributed by atoms with Gasteiger partial charge in [0.2, 0.25) is 0 Å². The van der Waals surface area contributed by atoms with Crippen LogP contribution in [0.4, 0.5) is 0 Å². The Bertz CT molecular complexity index is 442. The van der Waals surface area contributed by atoms with Gasteiger partial charge < -0.3 is 10.1 Å². The van der Waals surface area contributed by atoms with Crippen molar-refractivity contribution >= 4 is 5.91 Å². The Kier molecular flexibility index (Phi) is 4.34. The molecule has 2 heterocycles. The molecule has 1 aromatic heterocycles. The number of rotatable bonds is 4. The lowest BCUT2D eigenvalue weighted by molar-refractivity contribution is 0.0940. The van der Waals surface area contributed by atoms with Gasteiger partial charge in [-0.25, -0.2) is 0 Å². The van der Waals surface area contributed by atoms with E-state index in [-0.39, 0.29) is 5.91 Å². The molecule has 104 valence electrons. The van der Waals surface area contributed by atoms with Gasteiger partial charge in [-0.2, -0.15) is 0 Å². The smallest absolute Gasteiger partial charge is 0.270 e. The third kappa shape index (κ3) is 3.21. The maximum Gasteiger partial charge on any atom is 0.270 e. The number of nitrogens with one attached hydrogen (secondary N) is 3. The van der Waals surface area contributed by atoms with Crippen LogP contribution in [0.15, 0.2) is 18.3 Å². The van der Waals surface area contributed by atoms with Crippen molar-refractivity contribution in [3.63, 3.8) is 0 Å². The first-order valence-electron chi connectivity index (χ1n) is 6.41. The van der Waals surface area contributed by atoms with E-state index in [1.54, 1.807) is 25.4 Å². The van der Waals surface area contributed by atoms with Gasteiger partial charge in [-0.15, -0.1) is 0 Å². The van der Waals surface area contributed by atoms with Crippen molar-refractivity contribution in [2.75, 3.05) is 13.7 Å². The molecule has 0 bridgehead atoms. The van der Waals surface area contributed by atoms with E-state index in [4.69, 9.17) is 4.74 Å². The van der Waals surface area contributed by atoms with Gasteiger partial charge >= 0.3 is 0 Å². The van der Waals surface area contributed by atoms with Gasteiger partial charge in [0.1, 0.15) is 11.4 Å². The van der Waals surface area contributed by atoms with Crippen LogP contribution in [0.5, 0.6) is 5.75 Å². The molecule has 0 radical (unpaired) electrons. The zero-order valence-electron chi connectivity index (χ0n) is 11.4. The summed E-state index contributed by atoms with van der Waals surface area (Å²) in [6, 6.07) is 4.00. The molecule has 1 aliphatic rings. The van der Waals surface area contributed by atoms with Gasteiger partial charge in [0.15, 0.2) is 0 Å². The van der Waals surface area contributed by atoms with E-state index in [1.165, 1.54) is 0 Å². The molecule has 3 N–H and O–H groups in total. The number of hydrazine groups is 1. The number of carbonyl (C=O) groups excluding carboxylic acids is 1. The van der Waals surface area contributed by atoms with Gasteiger partial charge in [-0.3, -0.25) is 20.6 Å². The molecule has 6 heteroatoms. The fourth-order valence-electron chi connectivity index (χ4n) is 2.23. The highest BCUT2D eigenvalue weighted by atomic mass is 16.5. The molecular weight excluding hydrogens is 244 g/mol. The van der Waals surface area contributed by atoms with Crippen LogP contribution in [0.2, 0.25) is 0 Å². The predicted octanol–water partition coefficient (Wildman–Crippen LogP) is 0.321. The quantitative estimate of drug-likeness (QED) is 0.730. The predicted molar refractivity (Wildman–Crippen MR) is 71.8 cm³/mol. The molecular formula is C13H20N4O2. The third-order valence-corrected chi connectivity index (χ3v) is 3.52. The highest BCUT2D eigenvalue weighted by Crippen LogP contribution is 2.14. The summed E-state index contributed by atoms with van der Waals surface area (Å²) in [6.45, 7) is 4.80. The molecule has 2 rings (SSSR count). The van der Waals surface area contributed by atoms with Gasteiger partial charge in [-0.05, 0) is 19.9 Å². The van der Waals surface area contributed by atoms with E-state index in [0.717, 1.165) is 0 Å². The molecule has 19 heavy (non-hydrogen) atoms. The van der Waals surface area contributed by atoms with Crippen LogP contribution in [0.1, 0.15) is 24.3 Å². The molecule has 1 aliphatic heterocycles. The second-order valence-corrected chi connectivity index (χ2v) is 4.82. The Hall–Kier alpha value is -1.66. The van der Waals surface area contributed by atoms with E-state index in [0.29, 0.717) is 36.0 Å². The van der Waals surface area contributed by atoms with E-state index < -0.39 is 0 Å². The number of pyridine rings is 1. The summed E-state index contributed by atoms with van der Waals surface area (Å²) < 4.78 is 5.08. The topological polar surface area (TPSA) is 75.3 Å². The van der Waals surface area contributed by atoms with Crippen molar-refractivity contribution in [2.45, 2.75) is 25.9 Å². The Balaban J connectivity index is 1.93. The molecule has 2 atom stereocenters. The van der Waals surface area contributed by atoms with Crippen LogP contribution in [0, 0.1) is 5.92 Å². The van der Waals surface area contributed by atoms with Crippen LogP contribution in [-0.2, 0) is 0 Å². The summed E-state index contributed by atoms with van der Waals surface area (Å²) >= 11 is 0. The second kappa shape index (κ2) is 5.99. The van der Waals surface area contributed by atoms with Crippen molar-refractivity contribution in [2.24, 2.45) is 5.92 Å². The summed E-state index contributed by atoms with van der Waals surface area (Å²) in [5, 5.41) is 2.92. The summed E-state index contributed by atoms with van der Waals surface area (Å²) in [6.07, 6.45) is 1.57. The van der Waals surface area contributed by atoms with Crippen LogP contribution < -0.4 is 20.9 Å². The number of nitrogens with zero attached hydrogens (tertiary/aromatic N) is 1. The van der Waals surface area contributed by atoms with Crippen molar-refractivity contribution in [1.82, 2.24) is 21.2 Å². The molecule has 0 saturated carbocycles. The van der Waals surface area contributed by atoms with E-state index in [1.807, 2.05) is 0 Å². The lowest BCUT2D eigenvalue weighted by Crippen LogP contribution is -2.37. The van der Waals surface area contributed by atoms with Crippen molar-refractivity contribution < 1.29 is 9.53 Å². The first-order valence-corrected chi connectivity index (χ1v) is 6.41. The molecule has 1 aromatic rings. The summed E-state index contributed by atoms with van der Waals surface area (Å²) in [5.74, 6) is 0.811. The number of aromatic nitrogens is 1. The Morgan fingerprint density at radius 2 is 2.11 bits per heavy atom. The lowest BCUT2D eigenvalue weighted by atomic mass is 9.97. The van der Waals surface area contributed by atoms with Crippen molar-refractivity contribution in [1.29, 1.82) is 0 Å². The van der Waals surface area contributed by atoms with Gasteiger partial charge in [0.05, 0.1) is 7.11 Å². The number of hydrogen-bond donors (Lipinski definition) is 3. The second-order valence-electron chi connectivity index (χ2n) is 4.82. The Labute approximate surface area is 112 Å². The van der Waals surface area contributed by atoms with Crippen LogP contribution >= 0.6 is 0 Å². The van der Waals surface area contributed by atoms with Gasteiger partial charge in [0.25, 0.3) is 5.91 Å². The average Bonchev–Trinajstić information content (AvgIpc) is 2.75. The maximum absolute atomic E-state index is 12.0. The van der Waals surface area contributed by atoms with E-state index in [9.17, 15) is 4.79 Å². The molecule has 1 fully saturated rings. The minimum absolute atomic E-state index is 0.176. The minimum Gasteiger partial charge on any atom is -0.497 e. The molecule has 0 aliphatic carbocycles. The van der Waals surface area contributed by atoms with Gasteiger partial charge in [0, 0.05) is 36.8 Å². The molecule has 1 amide bonds. The number of hydrogen-bond acceptors (Lipinski definition) is 5. The molecule has 2 unspecified atom stereocenters. The third-order valence-electron chi connectivity index (χ3n) is 3.52. The largest absolute Gasteiger partial charge is 0.497 e. The van der Waals surface area contributed by atoms with Crippen molar-refractivity contribution in [3.8, 4) is 5.75 Å². The fraction of sp³-hybridized carbons (Fsp3) is 0.538. The maximum atomic E-state index is 12.0. The molecule has 0 aromatic carbocycles. The first-order chi connectivity index (χ1) is 9.11. The number of methoxy groups -OCH3 is 1. The van der Waals surface area contributed by atoms with E-state index >= 15 is 0 Å². The minimum atomic E-state index is -0.176. The van der Waals surface area contributed by atoms with Gasteiger partial charge in [-0.1, -0.05) is 0 Å². The number of carbonyl (C=O) groups is 1. The Morgan fingerprint density at radius 3 is 2.74 bits per heavy atom. The molecule has 6 nitrogen and oxygen atoms in total. The van der Waals surface area contributed by atoms with Crippen LogP contribution in [0.25, 0.3) is 0 Å². The van der Waals surface area contributed by atoms with Crippen LogP contribution in [-0.4, -0.2) is 36.6 Å². The fourth-order valence-corrected chi connectivity index (χ4v) is 2.23. The monoisotopic (exact) mass is 264 g/mol. The van der Waals surface area contributed by atoms with E-state index in [2.05, 4.69) is 35.0 Å².